The van der Waals surface area contributed by atoms with Crippen LogP contribution < -0.4 is 9.47 Å². The number of methoxy groups -OCH3 is 2. The molecule has 0 saturated carbocycles. The Hall–Kier alpha value is -2.63. The minimum absolute atomic E-state index is 0.349. The Labute approximate surface area is 119 Å². The highest BCUT2D eigenvalue weighted by molar-refractivity contribution is 5.81. The summed E-state index contributed by atoms with van der Waals surface area (Å²) in [5.74, 6) is -0.186. The number of H-pyrrole nitrogens is 1. The van der Waals surface area contributed by atoms with Crippen molar-refractivity contribution in [3.8, 4) is 22.9 Å². The molecule has 1 N–H and O–H groups in total. The molecule has 108 valence electrons. The lowest BCUT2D eigenvalue weighted by molar-refractivity contribution is 0.395. The van der Waals surface area contributed by atoms with Crippen molar-refractivity contribution < 1.29 is 18.3 Å². The van der Waals surface area contributed by atoms with Crippen LogP contribution in [0.5, 0.6) is 11.5 Å². The number of rotatable bonds is 3. The number of aromatic nitrogens is 2. The second kappa shape index (κ2) is 5.05. The number of nitrogens with one attached hydrogen (secondary N) is 1. The van der Waals surface area contributed by atoms with E-state index in [4.69, 9.17) is 9.47 Å². The highest BCUT2D eigenvalue weighted by Crippen LogP contribution is 2.32. The SMILES string of the molecule is COc1ccc(-c2nc3cc(F)c(F)cc3[nH]2)c(OC)c1. The van der Waals surface area contributed by atoms with Gasteiger partial charge in [0.05, 0.1) is 30.8 Å². The molecular weight excluding hydrogens is 278 g/mol. The molecule has 21 heavy (non-hydrogen) atoms. The molecule has 0 fully saturated rings. The van der Waals surface area contributed by atoms with Crippen LogP contribution in [0.2, 0.25) is 0 Å². The summed E-state index contributed by atoms with van der Waals surface area (Å²) in [6.07, 6.45) is 0. The third kappa shape index (κ3) is 2.29. The second-order valence-corrected chi connectivity index (χ2v) is 4.44. The van der Waals surface area contributed by atoms with E-state index in [1.807, 2.05) is 0 Å². The lowest BCUT2D eigenvalue weighted by atomic mass is 10.2. The monoisotopic (exact) mass is 290 g/mol. The van der Waals surface area contributed by atoms with Crippen LogP contribution in [0.15, 0.2) is 30.3 Å². The van der Waals surface area contributed by atoms with Crippen LogP contribution in [0.3, 0.4) is 0 Å². The number of benzene rings is 2. The molecular formula is C15H12F2N2O2. The molecule has 0 saturated heterocycles. The first-order valence-electron chi connectivity index (χ1n) is 6.19. The molecule has 0 unspecified atom stereocenters. The molecule has 0 spiro atoms. The predicted octanol–water partition coefficient (Wildman–Crippen LogP) is 3.53. The summed E-state index contributed by atoms with van der Waals surface area (Å²) in [7, 11) is 3.08. The molecule has 0 bridgehead atoms. The van der Waals surface area contributed by atoms with E-state index in [2.05, 4.69) is 9.97 Å². The molecule has 0 aliphatic carbocycles. The maximum Gasteiger partial charge on any atom is 0.161 e. The average molecular weight is 290 g/mol. The van der Waals surface area contributed by atoms with Crippen LogP contribution in [0, 0.1) is 11.6 Å². The maximum absolute atomic E-state index is 13.2. The van der Waals surface area contributed by atoms with Crippen LogP contribution in [0.1, 0.15) is 0 Å². The molecule has 3 rings (SSSR count). The Kier molecular flexibility index (Phi) is 3.21. The Balaban J connectivity index is 2.16. The van der Waals surface area contributed by atoms with Crippen molar-refractivity contribution in [2.24, 2.45) is 0 Å². The molecule has 3 aromatic rings. The van der Waals surface area contributed by atoms with Gasteiger partial charge in [0.2, 0.25) is 0 Å². The topological polar surface area (TPSA) is 47.1 Å². The van der Waals surface area contributed by atoms with Gasteiger partial charge in [0.1, 0.15) is 17.3 Å². The summed E-state index contributed by atoms with van der Waals surface area (Å²) >= 11 is 0. The summed E-state index contributed by atoms with van der Waals surface area (Å²) in [6.45, 7) is 0. The first-order valence-corrected chi connectivity index (χ1v) is 6.19. The summed E-state index contributed by atoms with van der Waals surface area (Å²) in [5, 5.41) is 0. The number of imidazole rings is 1. The predicted molar refractivity (Wildman–Crippen MR) is 74.5 cm³/mol. The van der Waals surface area contributed by atoms with Crippen molar-refractivity contribution in [3.63, 3.8) is 0 Å². The Morgan fingerprint density at radius 3 is 2.48 bits per heavy atom. The van der Waals surface area contributed by atoms with E-state index in [-0.39, 0.29) is 0 Å². The van der Waals surface area contributed by atoms with Gasteiger partial charge in [-0.2, -0.15) is 0 Å². The van der Waals surface area contributed by atoms with E-state index >= 15 is 0 Å². The van der Waals surface area contributed by atoms with Gasteiger partial charge in [-0.25, -0.2) is 13.8 Å². The third-order valence-corrected chi connectivity index (χ3v) is 3.19. The number of aromatic amines is 1. The molecule has 4 nitrogen and oxygen atoms in total. The van der Waals surface area contributed by atoms with E-state index in [0.29, 0.717) is 33.9 Å². The molecule has 0 amide bonds. The zero-order valence-electron chi connectivity index (χ0n) is 11.4. The number of nitrogens with zero attached hydrogens (tertiary/aromatic N) is 1. The summed E-state index contributed by atoms with van der Waals surface area (Å²) in [6, 6.07) is 7.37. The fraction of sp³-hybridized carbons (Fsp3) is 0.133. The van der Waals surface area contributed by atoms with Crippen LogP contribution in [0.25, 0.3) is 22.4 Å². The Bertz CT molecular complexity index is 776. The van der Waals surface area contributed by atoms with Gasteiger partial charge in [0, 0.05) is 18.2 Å². The molecule has 0 radical (unpaired) electrons. The zero-order valence-corrected chi connectivity index (χ0v) is 11.4. The molecule has 2 aromatic carbocycles. The minimum Gasteiger partial charge on any atom is -0.497 e. The number of hydrogen-bond acceptors (Lipinski definition) is 3. The van der Waals surface area contributed by atoms with Gasteiger partial charge in [-0.05, 0) is 12.1 Å². The molecule has 6 heteroatoms. The summed E-state index contributed by atoms with van der Waals surface area (Å²) < 4.78 is 36.9. The fourth-order valence-corrected chi connectivity index (χ4v) is 2.13. The molecule has 0 atom stereocenters. The van der Waals surface area contributed by atoms with Crippen LogP contribution in [-0.2, 0) is 0 Å². The minimum atomic E-state index is -0.928. The second-order valence-electron chi connectivity index (χ2n) is 4.44. The van der Waals surface area contributed by atoms with Crippen LogP contribution in [-0.4, -0.2) is 24.2 Å². The Morgan fingerprint density at radius 1 is 1.00 bits per heavy atom. The van der Waals surface area contributed by atoms with Gasteiger partial charge in [-0.3, -0.25) is 0 Å². The maximum atomic E-state index is 13.2. The smallest absolute Gasteiger partial charge is 0.161 e. The van der Waals surface area contributed by atoms with E-state index in [1.54, 1.807) is 25.3 Å². The fourth-order valence-electron chi connectivity index (χ4n) is 2.13. The zero-order chi connectivity index (χ0) is 15.0. The lowest BCUT2D eigenvalue weighted by Gasteiger charge is -2.08. The molecule has 0 aliphatic rings. The number of fused-ring (bicyclic) bond motifs is 1. The quantitative estimate of drug-likeness (QED) is 0.802. The lowest BCUT2D eigenvalue weighted by Crippen LogP contribution is -1.91. The largest absolute Gasteiger partial charge is 0.497 e. The highest BCUT2D eigenvalue weighted by Gasteiger charge is 2.13. The highest BCUT2D eigenvalue weighted by atomic mass is 19.2. The number of halogens is 2. The standard InChI is InChI=1S/C15H12F2N2O2/c1-20-8-3-4-9(14(5-8)21-2)15-18-12-6-10(16)11(17)7-13(12)19-15/h3-7H,1-2H3,(H,18,19). The number of ether oxygens (including phenoxy) is 2. The first kappa shape index (κ1) is 13.4. The van der Waals surface area contributed by atoms with E-state index < -0.39 is 11.6 Å². The van der Waals surface area contributed by atoms with Gasteiger partial charge in [-0.15, -0.1) is 0 Å². The van der Waals surface area contributed by atoms with E-state index in [1.165, 1.54) is 7.11 Å². The van der Waals surface area contributed by atoms with Gasteiger partial charge >= 0.3 is 0 Å². The number of hydrogen-bond donors (Lipinski definition) is 1. The van der Waals surface area contributed by atoms with Crippen LogP contribution in [0.4, 0.5) is 8.78 Å². The van der Waals surface area contributed by atoms with Crippen molar-refractivity contribution in [2.45, 2.75) is 0 Å². The van der Waals surface area contributed by atoms with Gasteiger partial charge in [0.15, 0.2) is 11.6 Å². The van der Waals surface area contributed by atoms with E-state index in [9.17, 15) is 8.78 Å². The summed E-state index contributed by atoms with van der Waals surface area (Å²) in [4.78, 5) is 7.22. The third-order valence-electron chi connectivity index (χ3n) is 3.19. The molecule has 1 heterocycles. The Morgan fingerprint density at radius 2 is 1.76 bits per heavy atom. The van der Waals surface area contributed by atoms with Crippen molar-refractivity contribution in [3.05, 3.63) is 42.0 Å². The van der Waals surface area contributed by atoms with Gasteiger partial charge < -0.3 is 14.5 Å². The average Bonchev–Trinajstić information content (AvgIpc) is 2.89. The normalized spacial score (nSPS) is 10.9. The first-order chi connectivity index (χ1) is 10.1. The molecule has 0 aliphatic heterocycles. The van der Waals surface area contributed by atoms with Crippen molar-refractivity contribution in [1.29, 1.82) is 0 Å². The molecule has 1 aromatic heterocycles. The van der Waals surface area contributed by atoms with Crippen molar-refractivity contribution in [2.75, 3.05) is 14.2 Å². The van der Waals surface area contributed by atoms with Gasteiger partial charge in [0.25, 0.3) is 0 Å². The van der Waals surface area contributed by atoms with Crippen molar-refractivity contribution >= 4 is 11.0 Å². The van der Waals surface area contributed by atoms with Gasteiger partial charge in [-0.1, -0.05) is 0 Å². The van der Waals surface area contributed by atoms with Crippen molar-refractivity contribution in [1.82, 2.24) is 9.97 Å². The summed E-state index contributed by atoms with van der Waals surface area (Å²) in [5.41, 5.74) is 1.44. The van der Waals surface area contributed by atoms with E-state index in [0.717, 1.165) is 12.1 Å². The van der Waals surface area contributed by atoms with Crippen LogP contribution >= 0.6 is 0 Å².